The van der Waals surface area contributed by atoms with Crippen molar-refractivity contribution < 1.29 is 14.3 Å². The number of carbonyl (C=O) groups excluding carboxylic acids is 2. The maximum Gasteiger partial charge on any atom is 0.262 e. The Kier molecular flexibility index (Phi) is 6.14. The number of amides is 2. The van der Waals surface area contributed by atoms with Gasteiger partial charge < -0.3 is 20.3 Å². The minimum Gasteiger partial charge on any atom is -0.378 e. The Hall–Kier alpha value is -1.93. The van der Waals surface area contributed by atoms with Crippen LogP contribution in [0.2, 0.25) is 4.34 Å². The summed E-state index contributed by atoms with van der Waals surface area (Å²) in [5.41, 5.74) is 2.25. The van der Waals surface area contributed by atoms with Crippen molar-refractivity contribution in [3.8, 4) is 0 Å². The molecule has 1 atom stereocenters. The number of hydrogen-bond acceptors (Lipinski definition) is 5. The molecule has 2 aliphatic rings. The van der Waals surface area contributed by atoms with E-state index in [0.717, 1.165) is 25.2 Å². The second-order valence-electron chi connectivity index (χ2n) is 9.14. The van der Waals surface area contributed by atoms with Crippen LogP contribution in [0, 0.1) is 0 Å². The van der Waals surface area contributed by atoms with Crippen molar-refractivity contribution in [3.05, 3.63) is 50.7 Å². The lowest BCUT2D eigenvalue weighted by Gasteiger charge is -2.29. The van der Waals surface area contributed by atoms with E-state index in [1.807, 2.05) is 6.07 Å². The summed E-state index contributed by atoms with van der Waals surface area (Å²) in [6.45, 7) is 7.04. The van der Waals surface area contributed by atoms with Gasteiger partial charge in [-0.25, -0.2) is 0 Å². The summed E-state index contributed by atoms with van der Waals surface area (Å²) < 4.78 is 6.04. The number of rotatable bonds is 4. The average Bonchev–Trinajstić information content (AvgIpc) is 3.33. The molecule has 0 aliphatic carbocycles. The summed E-state index contributed by atoms with van der Waals surface area (Å²) in [7, 11) is 2.14. The fourth-order valence-corrected chi connectivity index (χ4v) is 5.49. The van der Waals surface area contributed by atoms with Crippen LogP contribution in [-0.4, -0.2) is 55.6 Å². The zero-order valence-electron chi connectivity index (χ0n) is 18.1. The van der Waals surface area contributed by atoms with Gasteiger partial charge in [0.05, 0.1) is 15.8 Å². The lowest BCUT2D eigenvalue weighted by molar-refractivity contribution is -0.122. The van der Waals surface area contributed by atoms with Crippen LogP contribution in [0.4, 0.5) is 5.69 Å². The fraction of sp³-hybridized carbons (Fsp3) is 0.478. The van der Waals surface area contributed by atoms with Gasteiger partial charge >= 0.3 is 0 Å². The van der Waals surface area contributed by atoms with E-state index in [1.54, 1.807) is 12.1 Å². The standard InChI is InChI=1S/C23H28ClN3O3S/c1-22(2)13-27(3)10-8-15-12-16(4-5-17(15)22)25-21(29)23(9-11-30-14-23)26-20(28)18-6-7-19(24)31-18/h4-7,12H,8-11,13-14H2,1-3H3,(H,25,29)(H,26,28). The van der Waals surface area contributed by atoms with E-state index in [2.05, 4.69) is 48.6 Å². The highest BCUT2D eigenvalue weighted by molar-refractivity contribution is 7.18. The molecule has 166 valence electrons. The molecule has 2 amide bonds. The van der Waals surface area contributed by atoms with Gasteiger partial charge in [-0.2, -0.15) is 0 Å². The van der Waals surface area contributed by atoms with Gasteiger partial charge in [-0.1, -0.05) is 31.5 Å². The molecule has 3 heterocycles. The molecule has 0 spiro atoms. The highest BCUT2D eigenvalue weighted by atomic mass is 35.5. The number of nitrogens with zero attached hydrogens (tertiary/aromatic N) is 1. The van der Waals surface area contributed by atoms with E-state index in [9.17, 15) is 9.59 Å². The number of likely N-dealkylation sites (N-methyl/N-ethyl adjacent to an activating group) is 1. The molecule has 8 heteroatoms. The zero-order chi connectivity index (χ0) is 22.2. The van der Waals surface area contributed by atoms with Crippen molar-refractivity contribution in [2.24, 2.45) is 0 Å². The predicted molar refractivity (Wildman–Crippen MR) is 124 cm³/mol. The molecule has 0 saturated carbocycles. The van der Waals surface area contributed by atoms with E-state index in [1.165, 1.54) is 22.5 Å². The van der Waals surface area contributed by atoms with Crippen LogP contribution < -0.4 is 10.6 Å². The number of benzene rings is 1. The predicted octanol–water partition coefficient (Wildman–Crippen LogP) is 3.69. The first-order chi connectivity index (χ1) is 14.7. The molecule has 0 radical (unpaired) electrons. The van der Waals surface area contributed by atoms with Crippen LogP contribution in [-0.2, 0) is 21.4 Å². The number of anilines is 1. The molecule has 1 fully saturated rings. The minimum atomic E-state index is -1.10. The van der Waals surface area contributed by atoms with Gasteiger partial charge in [0.15, 0.2) is 0 Å². The van der Waals surface area contributed by atoms with Crippen LogP contribution in [0.1, 0.15) is 41.1 Å². The van der Waals surface area contributed by atoms with Crippen molar-refractivity contribution in [2.45, 2.75) is 37.6 Å². The van der Waals surface area contributed by atoms with E-state index in [0.29, 0.717) is 22.2 Å². The summed E-state index contributed by atoms with van der Waals surface area (Å²) in [6.07, 6.45) is 1.36. The summed E-state index contributed by atoms with van der Waals surface area (Å²) in [6, 6.07) is 9.48. The number of carbonyl (C=O) groups is 2. The van der Waals surface area contributed by atoms with Gasteiger partial charge in [0.25, 0.3) is 11.8 Å². The van der Waals surface area contributed by atoms with Gasteiger partial charge in [0.1, 0.15) is 5.54 Å². The topological polar surface area (TPSA) is 70.7 Å². The highest BCUT2D eigenvalue weighted by Crippen LogP contribution is 2.33. The maximum atomic E-state index is 13.3. The van der Waals surface area contributed by atoms with Crippen molar-refractivity contribution in [1.29, 1.82) is 0 Å². The smallest absolute Gasteiger partial charge is 0.262 e. The molecule has 4 rings (SSSR count). The molecule has 2 N–H and O–H groups in total. The van der Waals surface area contributed by atoms with Crippen LogP contribution in [0.3, 0.4) is 0 Å². The molecule has 0 bridgehead atoms. The monoisotopic (exact) mass is 461 g/mol. The molecule has 6 nitrogen and oxygen atoms in total. The highest BCUT2D eigenvalue weighted by Gasteiger charge is 2.44. The summed E-state index contributed by atoms with van der Waals surface area (Å²) in [4.78, 5) is 28.8. The maximum absolute atomic E-state index is 13.3. The van der Waals surface area contributed by atoms with E-state index in [4.69, 9.17) is 16.3 Å². The quantitative estimate of drug-likeness (QED) is 0.728. The number of thiophene rings is 1. The third-order valence-electron chi connectivity index (χ3n) is 6.13. The molecule has 2 aliphatic heterocycles. The van der Waals surface area contributed by atoms with Gasteiger partial charge in [-0.3, -0.25) is 9.59 Å². The molecule has 31 heavy (non-hydrogen) atoms. The first-order valence-corrected chi connectivity index (χ1v) is 11.7. The average molecular weight is 462 g/mol. The largest absolute Gasteiger partial charge is 0.378 e. The molecule has 1 unspecified atom stereocenters. The molecule has 1 aromatic heterocycles. The first kappa shape index (κ1) is 22.3. The first-order valence-electron chi connectivity index (χ1n) is 10.5. The Morgan fingerprint density at radius 2 is 2.03 bits per heavy atom. The molecule has 1 aromatic carbocycles. The number of ether oxygens (including phenoxy) is 1. The van der Waals surface area contributed by atoms with Crippen LogP contribution in [0.15, 0.2) is 30.3 Å². The Labute approximate surface area is 191 Å². The van der Waals surface area contributed by atoms with E-state index < -0.39 is 5.54 Å². The van der Waals surface area contributed by atoms with Crippen molar-refractivity contribution in [1.82, 2.24) is 10.2 Å². The normalized spacial score (nSPS) is 23.1. The Morgan fingerprint density at radius 1 is 1.23 bits per heavy atom. The Balaban J connectivity index is 1.54. The van der Waals surface area contributed by atoms with Crippen LogP contribution >= 0.6 is 22.9 Å². The van der Waals surface area contributed by atoms with Gasteiger partial charge in [0, 0.05) is 37.2 Å². The Bertz CT molecular complexity index is 998. The van der Waals surface area contributed by atoms with Gasteiger partial charge in [-0.15, -0.1) is 11.3 Å². The summed E-state index contributed by atoms with van der Waals surface area (Å²) in [5.74, 6) is -0.574. The Morgan fingerprint density at radius 3 is 2.71 bits per heavy atom. The van der Waals surface area contributed by atoms with Gasteiger partial charge in [-0.05, 0) is 48.9 Å². The van der Waals surface area contributed by atoms with Gasteiger partial charge in [0.2, 0.25) is 0 Å². The SMILES string of the molecule is CN1CCc2cc(NC(=O)C3(NC(=O)c4ccc(Cl)s4)CCOC3)ccc2C(C)(C)C1. The third-order valence-corrected chi connectivity index (χ3v) is 7.36. The second kappa shape index (κ2) is 8.54. The molecular weight excluding hydrogens is 434 g/mol. The van der Waals surface area contributed by atoms with Crippen LogP contribution in [0.25, 0.3) is 0 Å². The number of hydrogen-bond donors (Lipinski definition) is 2. The van der Waals surface area contributed by atoms with Crippen molar-refractivity contribution in [2.75, 3.05) is 38.7 Å². The lowest BCUT2D eigenvalue weighted by atomic mass is 9.81. The molecule has 1 saturated heterocycles. The van der Waals surface area contributed by atoms with Crippen LogP contribution in [0.5, 0.6) is 0 Å². The molecule has 2 aromatic rings. The lowest BCUT2D eigenvalue weighted by Crippen LogP contribution is -2.57. The molecular formula is C23H28ClN3O3S. The fourth-order valence-electron chi connectivity index (χ4n) is 4.55. The summed E-state index contributed by atoms with van der Waals surface area (Å²) >= 11 is 7.14. The van der Waals surface area contributed by atoms with E-state index >= 15 is 0 Å². The van der Waals surface area contributed by atoms with E-state index in [-0.39, 0.29) is 23.8 Å². The number of halogens is 1. The number of fused-ring (bicyclic) bond motifs is 1. The van der Waals surface area contributed by atoms with Crippen molar-refractivity contribution >= 4 is 40.4 Å². The minimum absolute atomic E-state index is 0.0413. The third kappa shape index (κ3) is 4.65. The summed E-state index contributed by atoms with van der Waals surface area (Å²) in [5, 5.41) is 5.93. The number of nitrogens with one attached hydrogen (secondary N) is 2. The van der Waals surface area contributed by atoms with Crippen molar-refractivity contribution in [3.63, 3.8) is 0 Å². The zero-order valence-corrected chi connectivity index (χ0v) is 19.7. The second-order valence-corrected chi connectivity index (χ2v) is 10.9.